The average molecular weight is 1050 g/mol. The molecule has 428 valence electrons. The minimum atomic E-state index is -0.817. The molecule has 0 spiro atoms. The van der Waals surface area contributed by atoms with Gasteiger partial charge >= 0.3 is 17.9 Å². The van der Waals surface area contributed by atoms with Crippen LogP contribution in [0.25, 0.3) is 0 Å². The molecule has 0 N–H and O–H groups in total. The summed E-state index contributed by atoms with van der Waals surface area (Å²) in [6.07, 6.45) is 89.8. The highest BCUT2D eigenvalue weighted by Gasteiger charge is 2.19. The lowest BCUT2D eigenvalue weighted by Gasteiger charge is -2.18. The van der Waals surface area contributed by atoms with E-state index < -0.39 is 6.10 Å². The van der Waals surface area contributed by atoms with Gasteiger partial charge in [-0.25, -0.2) is 0 Å². The van der Waals surface area contributed by atoms with Crippen LogP contribution in [0.4, 0.5) is 0 Å². The molecule has 76 heavy (non-hydrogen) atoms. The van der Waals surface area contributed by atoms with E-state index in [0.717, 1.165) is 141 Å². The topological polar surface area (TPSA) is 78.9 Å². The Morgan fingerprint density at radius 1 is 0.276 bits per heavy atom. The molecular formula is C70H112O6. The number of unbranched alkanes of at least 4 members (excludes halogenated alkanes) is 19. The van der Waals surface area contributed by atoms with Crippen LogP contribution in [-0.2, 0) is 28.6 Å². The lowest BCUT2D eigenvalue weighted by molar-refractivity contribution is -0.167. The predicted octanol–water partition coefficient (Wildman–Crippen LogP) is 21.2. The Kier molecular flexibility index (Phi) is 58.9. The first-order valence-electron chi connectivity index (χ1n) is 30.8. The van der Waals surface area contributed by atoms with Crippen molar-refractivity contribution >= 4 is 17.9 Å². The van der Waals surface area contributed by atoms with Gasteiger partial charge in [0.2, 0.25) is 0 Å². The summed E-state index contributed by atoms with van der Waals surface area (Å²) in [4.78, 5) is 38.3. The Bertz CT molecular complexity index is 1680. The quantitative estimate of drug-likeness (QED) is 0.0261. The van der Waals surface area contributed by atoms with Gasteiger partial charge in [-0.05, 0) is 141 Å². The fourth-order valence-electron chi connectivity index (χ4n) is 8.00. The van der Waals surface area contributed by atoms with Crippen molar-refractivity contribution in [3.8, 4) is 0 Å². The Labute approximate surface area is 467 Å². The van der Waals surface area contributed by atoms with Crippen LogP contribution in [0.1, 0.15) is 258 Å². The van der Waals surface area contributed by atoms with Crippen molar-refractivity contribution in [2.24, 2.45) is 0 Å². The van der Waals surface area contributed by atoms with E-state index in [0.29, 0.717) is 19.3 Å². The fourth-order valence-corrected chi connectivity index (χ4v) is 8.00. The third-order valence-corrected chi connectivity index (χ3v) is 12.6. The molecule has 0 heterocycles. The second-order valence-corrected chi connectivity index (χ2v) is 19.8. The zero-order valence-corrected chi connectivity index (χ0v) is 49.0. The van der Waals surface area contributed by atoms with E-state index in [-0.39, 0.29) is 37.5 Å². The summed E-state index contributed by atoms with van der Waals surface area (Å²) < 4.78 is 16.9. The number of allylic oxidation sites excluding steroid dienone is 24. The minimum absolute atomic E-state index is 0.109. The van der Waals surface area contributed by atoms with Gasteiger partial charge < -0.3 is 14.2 Å². The lowest BCUT2D eigenvalue weighted by atomic mass is 10.1. The third-order valence-electron chi connectivity index (χ3n) is 12.6. The van der Waals surface area contributed by atoms with Crippen molar-refractivity contribution in [3.05, 3.63) is 146 Å². The molecule has 0 aromatic rings. The highest BCUT2D eigenvalue weighted by atomic mass is 16.6. The molecule has 0 aliphatic heterocycles. The number of carbonyl (C=O) groups is 3. The highest BCUT2D eigenvalue weighted by molar-refractivity contribution is 5.71. The summed E-state index contributed by atoms with van der Waals surface area (Å²) in [6.45, 7) is 6.35. The molecule has 0 amide bonds. The van der Waals surface area contributed by atoms with Crippen LogP contribution >= 0.6 is 0 Å². The van der Waals surface area contributed by atoms with Crippen molar-refractivity contribution in [1.82, 2.24) is 0 Å². The second-order valence-electron chi connectivity index (χ2n) is 19.8. The Morgan fingerprint density at radius 2 is 0.513 bits per heavy atom. The first-order chi connectivity index (χ1) is 37.5. The summed E-state index contributed by atoms with van der Waals surface area (Å²) in [5, 5.41) is 0. The van der Waals surface area contributed by atoms with E-state index >= 15 is 0 Å². The fraction of sp³-hybridized carbons (Fsp3) is 0.614. The van der Waals surface area contributed by atoms with Gasteiger partial charge in [0.05, 0.1) is 0 Å². The van der Waals surface area contributed by atoms with Crippen LogP contribution in [0, 0.1) is 0 Å². The van der Waals surface area contributed by atoms with Crippen molar-refractivity contribution in [2.75, 3.05) is 13.2 Å². The van der Waals surface area contributed by atoms with Gasteiger partial charge in [-0.3, -0.25) is 14.4 Å². The summed E-state index contributed by atoms with van der Waals surface area (Å²) in [5.74, 6) is -0.974. The Balaban J connectivity index is 4.50. The van der Waals surface area contributed by atoms with Gasteiger partial charge in [-0.2, -0.15) is 0 Å². The molecule has 0 rings (SSSR count). The first-order valence-corrected chi connectivity index (χ1v) is 30.8. The predicted molar refractivity (Wildman–Crippen MR) is 329 cm³/mol. The van der Waals surface area contributed by atoms with Gasteiger partial charge in [-0.15, -0.1) is 0 Å². The molecule has 0 radical (unpaired) electrons. The average Bonchev–Trinajstić information content (AvgIpc) is 3.42. The molecule has 1 atom stereocenters. The van der Waals surface area contributed by atoms with Gasteiger partial charge in [0.25, 0.3) is 0 Å². The molecule has 0 saturated heterocycles. The molecule has 6 nitrogen and oxygen atoms in total. The maximum Gasteiger partial charge on any atom is 0.306 e. The number of hydrogen-bond donors (Lipinski definition) is 0. The molecule has 0 aromatic heterocycles. The third kappa shape index (κ3) is 60.2. The monoisotopic (exact) mass is 1050 g/mol. The van der Waals surface area contributed by atoms with E-state index in [4.69, 9.17) is 14.2 Å². The molecule has 0 aromatic carbocycles. The number of hydrogen-bond acceptors (Lipinski definition) is 6. The normalized spacial score (nSPS) is 13.1. The molecule has 0 aliphatic rings. The van der Waals surface area contributed by atoms with E-state index in [2.05, 4.69) is 167 Å². The molecule has 0 bridgehead atoms. The van der Waals surface area contributed by atoms with Gasteiger partial charge in [0, 0.05) is 19.3 Å². The van der Waals surface area contributed by atoms with E-state index in [1.165, 1.54) is 70.6 Å². The number of ether oxygens (including phenoxy) is 3. The van der Waals surface area contributed by atoms with Crippen LogP contribution in [0.3, 0.4) is 0 Å². The van der Waals surface area contributed by atoms with Crippen molar-refractivity contribution in [2.45, 2.75) is 264 Å². The van der Waals surface area contributed by atoms with Crippen LogP contribution in [0.15, 0.2) is 146 Å². The van der Waals surface area contributed by atoms with Crippen LogP contribution in [-0.4, -0.2) is 37.2 Å². The van der Waals surface area contributed by atoms with Crippen molar-refractivity contribution in [1.29, 1.82) is 0 Å². The smallest absolute Gasteiger partial charge is 0.306 e. The van der Waals surface area contributed by atoms with Crippen molar-refractivity contribution in [3.63, 3.8) is 0 Å². The second kappa shape index (κ2) is 62.8. The molecular weight excluding hydrogens is 937 g/mol. The Hall–Kier alpha value is -4.71. The number of carbonyl (C=O) groups excluding carboxylic acids is 3. The van der Waals surface area contributed by atoms with Gasteiger partial charge in [0.1, 0.15) is 13.2 Å². The van der Waals surface area contributed by atoms with E-state index in [9.17, 15) is 14.4 Å². The molecule has 0 aliphatic carbocycles. The first kappa shape index (κ1) is 71.3. The lowest BCUT2D eigenvalue weighted by Crippen LogP contribution is -2.30. The number of esters is 3. The highest BCUT2D eigenvalue weighted by Crippen LogP contribution is 2.14. The summed E-state index contributed by atoms with van der Waals surface area (Å²) >= 11 is 0. The van der Waals surface area contributed by atoms with Crippen LogP contribution in [0.2, 0.25) is 0 Å². The van der Waals surface area contributed by atoms with E-state index in [1.807, 2.05) is 0 Å². The molecule has 0 fully saturated rings. The summed E-state index contributed by atoms with van der Waals surface area (Å²) in [7, 11) is 0. The summed E-state index contributed by atoms with van der Waals surface area (Å²) in [6, 6.07) is 0. The molecule has 6 heteroatoms. The van der Waals surface area contributed by atoms with Gasteiger partial charge in [-0.1, -0.05) is 244 Å². The van der Waals surface area contributed by atoms with Crippen LogP contribution < -0.4 is 0 Å². The van der Waals surface area contributed by atoms with Crippen molar-refractivity contribution < 1.29 is 28.6 Å². The van der Waals surface area contributed by atoms with Gasteiger partial charge in [0.15, 0.2) is 6.10 Å². The maximum atomic E-state index is 12.9. The standard InChI is InChI=1S/C70H112O6/c1-4-7-10-13-16-19-22-25-28-30-32-34-35-37-38-40-42-45-48-51-54-57-60-63-69(72)75-66-67(65-74-68(71)62-59-56-53-50-47-44-27-24-21-18-15-12-9-6-3)76-70(73)64-61-58-55-52-49-46-43-41-39-36-33-31-29-26-23-20-17-14-11-8-5-2/h7-8,10-11,16-17,19-20,24-29,32-34,36-38,41,43,49,52,67H,4-6,9,12-15,18,21-23,30-31,35,39-40,42,44-48,50-51,53-66H2,1-3H3/b10-7-,11-8-,19-16-,20-17-,27-24-,28-25-,29-26-,34-32-,36-33-,38-37-,43-41-,52-49-. The molecule has 1 unspecified atom stereocenters. The zero-order valence-electron chi connectivity index (χ0n) is 49.0. The molecule has 0 saturated carbocycles. The maximum absolute atomic E-state index is 12.9. The minimum Gasteiger partial charge on any atom is -0.462 e. The Morgan fingerprint density at radius 3 is 0.842 bits per heavy atom. The van der Waals surface area contributed by atoms with E-state index in [1.54, 1.807) is 0 Å². The zero-order chi connectivity index (χ0) is 55.0. The SMILES string of the molecule is CC/C=C\C/C=C\C/C=C\C/C=C\C/C=C\C/C=C\CCCCC(=O)OC(COC(=O)CCCCCCC/C=C\CCCCCCC)COC(=O)CCCCCCCCC/C=C\C/C=C\C/C=C\C/C=C\C/C=C\CC. The summed E-state index contributed by atoms with van der Waals surface area (Å²) in [5.41, 5.74) is 0. The number of rotatable bonds is 54. The largest absolute Gasteiger partial charge is 0.462 e. The van der Waals surface area contributed by atoms with Crippen LogP contribution in [0.5, 0.6) is 0 Å².